The van der Waals surface area contributed by atoms with E-state index in [0.29, 0.717) is 11.8 Å². The normalized spacial score (nSPS) is 16.5. The molecule has 3 N–H and O–H groups in total. The molecular formula is C10H23NO. The third-order valence-electron chi connectivity index (χ3n) is 2.79. The van der Waals surface area contributed by atoms with Crippen molar-refractivity contribution in [1.82, 2.24) is 0 Å². The molecule has 0 fully saturated rings. The molecule has 0 bridgehead atoms. The van der Waals surface area contributed by atoms with Crippen molar-refractivity contribution < 1.29 is 5.11 Å². The van der Waals surface area contributed by atoms with E-state index in [0.717, 1.165) is 6.42 Å². The molecule has 0 aromatic rings. The first-order valence-electron chi connectivity index (χ1n) is 5.03. The summed E-state index contributed by atoms with van der Waals surface area (Å²) in [7, 11) is 0. The van der Waals surface area contributed by atoms with Crippen molar-refractivity contribution >= 4 is 0 Å². The Morgan fingerprint density at radius 2 is 1.75 bits per heavy atom. The lowest BCUT2D eigenvalue weighted by atomic mass is 9.81. The van der Waals surface area contributed by atoms with Crippen LogP contribution in [0.4, 0.5) is 0 Å². The van der Waals surface area contributed by atoms with Gasteiger partial charge < -0.3 is 10.8 Å². The molecule has 0 spiro atoms. The van der Waals surface area contributed by atoms with Crippen LogP contribution in [0, 0.1) is 11.8 Å². The number of hydrogen-bond acceptors (Lipinski definition) is 2. The minimum Gasteiger partial charge on any atom is -0.396 e. The highest BCUT2D eigenvalue weighted by molar-refractivity contribution is 4.75. The van der Waals surface area contributed by atoms with Crippen molar-refractivity contribution in [2.45, 2.75) is 46.1 Å². The molecule has 0 amide bonds. The van der Waals surface area contributed by atoms with E-state index >= 15 is 0 Å². The van der Waals surface area contributed by atoms with Gasteiger partial charge in [0.25, 0.3) is 0 Å². The van der Waals surface area contributed by atoms with Gasteiger partial charge in [0, 0.05) is 12.6 Å². The summed E-state index contributed by atoms with van der Waals surface area (Å²) < 4.78 is 0. The van der Waals surface area contributed by atoms with Gasteiger partial charge in [-0.25, -0.2) is 0 Å². The number of nitrogens with two attached hydrogens (primary N) is 1. The Hall–Kier alpha value is -0.0800. The maximum absolute atomic E-state index is 8.87. The Morgan fingerprint density at radius 1 is 1.25 bits per heavy atom. The molecule has 0 aliphatic heterocycles. The van der Waals surface area contributed by atoms with Crippen molar-refractivity contribution in [3.8, 4) is 0 Å². The van der Waals surface area contributed by atoms with Crippen LogP contribution < -0.4 is 5.73 Å². The second kappa shape index (κ2) is 6.44. The summed E-state index contributed by atoms with van der Waals surface area (Å²) in [5.41, 5.74) is 5.86. The van der Waals surface area contributed by atoms with Crippen molar-refractivity contribution in [3.63, 3.8) is 0 Å². The van der Waals surface area contributed by atoms with Gasteiger partial charge in [-0.1, -0.05) is 26.7 Å². The SMILES string of the molecule is CCC(CC)C(CCO)C(C)N. The molecule has 0 rings (SSSR count). The van der Waals surface area contributed by atoms with Crippen LogP contribution in [0.3, 0.4) is 0 Å². The van der Waals surface area contributed by atoms with Crippen LogP contribution in [0.2, 0.25) is 0 Å². The smallest absolute Gasteiger partial charge is 0.0434 e. The van der Waals surface area contributed by atoms with Crippen LogP contribution in [-0.4, -0.2) is 17.8 Å². The third-order valence-corrected chi connectivity index (χ3v) is 2.79. The van der Waals surface area contributed by atoms with E-state index < -0.39 is 0 Å². The van der Waals surface area contributed by atoms with Gasteiger partial charge in [0.15, 0.2) is 0 Å². The number of rotatable bonds is 6. The molecule has 2 atom stereocenters. The van der Waals surface area contributed by atoms with E-state index in [9.17, 15) is 0 Å². The maximum atomic E-state index is 8.87. The zero-order valence-electron chi connectivity index (χ0n) is 8.59. The molecule has 0 aromatic carbocycles. The highest BCUT2D eigenvalue weighted by Crippen LogP contribution is 2.24. The highest BCUT2D eigenvalue weighted by Gasteiger charge is 2.21. The van der Waals surface area contributed by atoms with Gasteiger partial charge in [0.1, 0.15) is 0 Å². The molecule has 0 aliphatic rings. The Bertz CT molecular complexity index is 100. The predicted molar refractivity (Wildman–Crippen MR) is 52.9 cm³/mol. The van der Waals surface area contributed by atoms with Crippen LogP contribution in [0.15, 0.2) is 0 Å². The van der Waals surface area contributed by atoms with Crippen molar-refractivity contribution in [3.05, 3.63) is 0 Å². The van der Waals surface area contributed by atoms with Crippen LogP contribution >= 0.6 is 0 Å². The molecule has 0 saturated heterocycles. The standard InChI is InChI=1S/C10H23NO/c1-4-9(5-2)10(6-7-12)8(3)11/h8-10,12H,4-7,11H2,1-3H3. The minimum absolute atomic E-state index is 0.210. The van der Waals surface area contributed by atoms with E-state index in [2.05, 4.69) is 13.8 Å². The van der Waals surface area contributed by atoms with Crippen LogP contribution in [0.25, 0.3) is 0 Å². The molecule has 2 heteroatoms. The molecule has 2 nitrogen and oxygen atoms in total. The zero-order valence-corrected chi connectivity index (χ0v) is 8.59. The van der Waals surface area contributed by atoms with Crippen molar-refractivity contribution in [2.24, 2.45) is 17.6 Å². The Balaban J connectivity index is 4.05. The fraction of sp³-hybridized carbons (Fsp3) is 1.00. The van der Waals surface area contributed by atoms with Gasteiger partial charge in [-0.05, 0) is 25.2 Å². The van der Waals surface area contributed by atoms with E-state index in [1.807, 2.05) is 6.92 Å². The largest absolute Gasteiger partial charge is 0.396 e. The molecule has 0 aliphatic carbocycles. The van der Waals surface area contributed by atoms with Crippen LogP contribution in [0.5, 0.6) is 0 Å². The fourth-order valence-corrected chi connectivity index (χ4v) is 1.97. The topological polar surface area (TPSA) is 46.2 Å². The Kier molecular flexibility index (Phi) is 6.39. The maximum Gasteiger partial charge on any atom is 0.0434 e. The zero-order chi connectivity index (χ0) is 9.56. The van der Waals surface area contributed by atoms with Crippen molar-refractivity contribution in [2.75, 3.05) is 6.61 Å². The quantitative estimate of drug-likeness (QED) is 0.643. The van der Waals surface area contributed by atoms with E-state index in [1.165, 1.54) is 12.8 Å². The minimum atomic E-state index is 0.210. The number of aliphatic hydroxyl groups is 1. The molecule has 74 valence electrons. The van der Waals surface area contributed by atoms with Gasteiger partial charge in [0.2, 0.25) is 0 Å². The first kappa shape index (κ1) is 11.9. The van der Waals surface area contributed by atoms with Gasteiger partial charge in [-0.3, -0.25) is 0 Å². The van der Waals surface area contributed by atoms with E-state index in [-0.39, 0.29) is 12.6 Å². The Labute approximate surface area is 76.2 Å². The lowest BCUT2D eigenvalue weighted by Gasteiger charge is -2.27. The molecule has 2 unspecified atom stereocenters. The third kappa shape index (κ3) is 3.55. The monoisotopic (exact) mass is 173 g/mol. The van der Waals surface area contributed by atoms with Crippen LogP contribution in [0.1, 0.15) is 40.0 Å². The summed E-state index contributed by atoms with van der Waals surface area (Å²) in [4.78, 5) is 0. The highest BCUT2D eigenvalue weighted by atomic mass is 16.3. The first-order chi connectivity index (χ1) is 5.67. The molecule has 12 heavy (non-hydrogen) atoms. The lowest BCUT2D eigenvalue weighted by molar-refractivity contribution is 0.193. The fourth-order valence-electron chi connectivity index (χ4n) is 1.97. The molecule has 0 radical (unpaired) electrons. The van der Waals surface area contributed by atoms with Gasteiger partial charge in [-0.2, -0.15) is 0 Å². The lowest BCUT2D eigenvalue weighted by Crippen LogP contribution is -2.32. The first-order valence-corrected chi connectivity index (χ1v) is 5.03. The van der Waals surface area contributed by atoms with E-state index in [1.54, 1.807) is 0 Å². The average Bonchev–Trinajstić information content (AvgIpc) is 2.05. The molecule has 0 heterocycles. The van der Waals surface area contributed by atoms with Gasteiger partial charge >= 0.3 is 0 Å². The van der Waals surface area contributed by atoms with E-state index in [4.69, 9.17) is 10.8 Å². The second-order valence-corrected chi connectivity index (χ2v) is 3.61. The Morgan fingerprint density at radius 3 is 2.00 bits per heavy atom. The summed E-state index contributed by atoms with van der Waals surface area (Å²) in [5.74, 6) is 1.17. The number of aliphatic hydroxyl groups excluding tert-OH is 1. The summed E-state index contributed by atoms with van der Waals surface area (Å²) >= 11 is 0. The molecule has 0 saturated carbocycles. The van der Waals surface area contributed by atoms with Gasteiger partial charge in [-0.15, -0.1) is 0 Å². The molecule has 0 aromatic heterocycles. The molecular weight excluding hydrogens is 150 g/mol. The summed E-state index contributed by atoms with van der Waals surface area (Å²) in [6.45, 7) is 6.70. The number of hydrogen-bond donors (Lipinski definition) is 2. The van der Waals surface area contributed by atoms with Crippen molar-refractivity contribution in [1.29, 1.82) is 0 Å². The second-order valence-electron chi connectivity index (χ2n) is 3.61. The predicted octanol–water partition coefficient (Wildman–Crippen LogP) is 1.77. The van der Waals surface area contributed by atoms with Gasteiger partial charge in [0.05, 0.1) is 0 Å². The summed E-state index contributed by atoms with van der Waals surface area (Å²) in [5, 5.41) is 8.87. The van der Waals surface area contributed by atoms with Crippen LogP contribution in [-0.2, 0) is 0 Å². The summed E-state index contributed by atoms with van der Waals surface area (Å²) in [6.07, 6.45) is 3.19. The average molecular weight is 173 g/mol. The summed E-state index contributed by atoms with van der Waals surface area (Å²) in [6, 6.07) is 0.210.